The van der Waals surface area contributed by atoms with Crippen molar-refractivity contribution in [1.29, 1.82) is 0 Å². The smallest absolute Gasteiger partial charge is 0.242 e. The summed E-state index contributed by atoms with van der Waals surface area (Å²) in [5, 5.41) is 5.12. The van der Waals surface area contributed by atoms with E-state index in [0.29, 0.717) is 5.02 Å². The highest BCUT2D eigenvalue weighted by Crippen LogP contribution is 2.22. The van der Waals surface area contributed by atoms with E-state index in [2.05, 4.69) is 4.72 Å². The van der Waals surface area contributed by atoms with Crippen molar-refractivity contribution in [2.24, 2.45) is 5.14 Å². The molecule has 0 unspecified atom stereocenters. The summed E-state index contributed by atoms with van der Waals surface area (Å²) in [6.45, 7) is -0.0547. The third-order valence-corrected chi connectivity index (χ3v) is 4.79. The fourth-order valence-electron chi connectivity index (χ4n) is 1.32. The van der Waals surface area contributed by atoms with Gasteiger partial charge in [-0.3, -0.25) is 0 Å². The van der Waals surface area contributed by atoms with Crippen LogP contribution in [0.2, 0.25) is 5.02 Å². The Bertz CT molecular complexity index is 658. The highest BCUT2D eigenvalue weighted by atomic mass is 35.5. The van der Waals surface area contributed by atoms with Crippen molar-refractivity contribution in [2.75, 3.05) is 18.0 Å². The minimum atomic E-state index is -3.79. The average Bonchev–Trinajstić information content (AvgIpc) is 2.22. The first-order valence-electron chi connectivity index (χ1n) is 5.17. The van der Waals surface area contributed by atoms with Gasteiger partial charge in [-0.25, -0.2) is 26.7 Å². The first-order chi connectivity index (χ1) is 8.62. The van der Waals surface area contributed by atoms with Gasteiger partial charge in [-0.2, -0.15) is 0 Å². The summed E-state index contributed by atoms with van der Waals surface area (Å²) >= 11 is 5.67. The number of primary sulfonamides is 1. The van der Waals surface area contributed by atoms with E-state index < -0.39 is 20.0 Å². The van der Waals surface area contributed by atoms with Crippen molar-refractivity contribution in [3.8, 4) is 0 Å². The zero-order chi connectivity index (χ0) is 14.7. The van der Waals surface area contributed by atoms with Gasteiger partial charge in [-0.05, 0) is 24.6 Å². The molecular formula is C9H14ClN3O4S2. The minimum absolute atomic E-state index is 0.0199. The van der Waals surface area contributed by atoms with Crippen molar-refractivity contribution in [2.45, 2.75) is 11.3 Å². The van der Waals surface area contributed by atoms with Gasteiger partial charge in [0.15, 0.2) is 0 Å². The number of anilines is 1. The van der Waals surface area contributed by atoms with E-state index in [1.807, 2.05) is 0 Å². The standard InChI is InChI=1S/C9H14ClN3O4S2/c10-7-2-3-9(8(11)6-7)19(16,17)13-4-1-5-18(12,14)15/h2-3,6,13H,1,4-5,11H2,(H2,12,14,15). The maximum atomic E-state index is 11.9. The van der Waals surface area contributed by atoms with Crippen molar-refractivity contribution in [1.82, 2.24) is 4.72 Å². The Morgan fingerprint density at radius 1 is 1.21 bits per heavy atom. The topological polar surface area (TPSA) is 132 Å². The van der Waals surface area contributed by atoms with Gasteiger partial charge in [0, 0.05) is 11.6 Å². The highest BCUT2D eigenvalue weighted by Gasteiger charge is 2.17. The van der Waals surface area contributed by atoms with Crippen LogP contribution in [0, 0.1) is 0 Å². The Labute approximate surface area is 117 Å². The van der Waals surface area contributed by atoms with Gasteiger partial charge in [-0.15, -0.1) is 0 Å². The van der Waals surface area contributed by atoms with Gasteiger partial charge in [0.05, 0.1) is 11.4 Å². The van der Waals surface area contributed by atoms with Crippen LogP contribution in [-0.2, 0) is 20.0 Å². The van der Waals surface area contributed by atoms with Gasteiger partial charge >= 0.3 is 0 Å². The Hall–Kier alpha value is -0.870. The second kappa shape index (κ2) is 6.06. The molecule has 0 radical (unpaired) electrons. The zero-order valence-electron chi connectivity index (χ0n) is 9.84. The molecule has 0 aliphatic heterocycles. The van der Waals surface area contributed by atoms with Crippen LogP contribution in [0.1, 0.15) is 6.42 Å². The number of rotatable bonds is 6. The summed E-state index contributed by atoms with van der Waals surface area (Å²) in [6.07, 6.45) is 0.0750. The van der Waals surface area contributed by atoms with Gasteiger partial charge < -0.3 is 5.73 Å². The molecule has 0 aliphatic rings. The molecule has 0 amide bonds. The molecule has 0 fully saturated rings. The van der Waals surface area contributed by atoms with E-state index in [-0.39, 0.29) is 29.3 Å². The number of halogens is 1. The molecule has 0 aliphatic carbocycles. The van der Waals surface area contributed by atoms with E-state index in [4.69, 9.17) is 22.5 Å². The molecule has 0 bridgehead atoms. The summed E-state index contributed by atoms with van der Waals surface area (Å²) in [5.74, 6) is -0.300. The van der Waals surface area contributed by atoms with Crippen LogP contribution in [0.4, 0.5) is 5.69 Å². The van der Waals surface area contributed by atoms with Crippen LogP contribution in [0.5, 0.6) is 0 Å². The number of nitrogen functional groups attached to an aromatic ring is 1. The second-order valence-corrected chi connectivity index (χ2v) is 7.71. The molecule has 0 saturated heterocycles. The fraction of sp³-hybridized carbons (Fsp3) is 0.333. The maximum absolute atomic E-state index is 11.9. The predicted molar refractivity (Wildman–Crippen MR) is 73.6 cm³/mol. The lowest BCUT2D eigenvalue weighted by molar-refractivity contribution is 0.577. The number of nitrogens with two attached hydrogens (primary N) is 2. The van der Waals surface area contributed by atoms with Crippen molar-refractivity contribution >= 4 is 37.3 Å². The molecule has 0 spiro atoms. The molecule has 10 heteroatoms. The van der Waals surface area contributed by atoms with Gasteiger partial charge in [0.1, 0.15) is 4.90 Å². The van der Waals surface area contributed by atoms with Crippen molar-refractivity contribution < 1.29 is 16.8 Å². The quantitative estimate of drug-likeness (QED) is 0.495. The Morgan fingerprint density at radius 3 is 2.37 bits per heavy atom. The molecule has 0 saturated carbocycles. The molecule has 108 valence electrons. The van der Waals surface area contributed by atoms with E-state index in [9.17, 15) is 16.8 Å². The highest BCUT2D eigenvalue weighted by molar-refractivity contribution is 7.89. The zero-order valence-corrected chi connectivity index (χ0v) is 12.2. The van der Waals surface area contributed by atoms with Crippen molar-refractivity contribution in [3.05, 3.63) is 23.2 Å². The largest absolute Gasteiger partial charge is 0.398 e. The van der Waals surface area contributed by atoms with Crippen LogP contribution >= 0.6 is 11.6 Å². The molecular weight excluding hydrogens is 314 g/mol. The molecule has 0 aromatic heterocycles. The lowest BCUT2D eigenvalue weighted by Crippen LogP contribution is -2.28. The molecule has 7 nitrogen and oxygen atoms in total. The van der Waals surface area contributed by atoms with E-state index in [0.717, 1.165) is 0 Å². The number of benzene rings is 1. The third kappa shape index (κ3) is 5.33. The molecule has 5 N–H and O–H groups in total. The number of hydrogen-bond acceptors (Lipinski definition) is 5. The molecule has 19 heavy (non-hydrogen) atoms. The number of hydrogen-bond donors (Lipinski definition) is 3. The van der Waals surface area contributed by atoms with Crippen LogP contribution < -0.4 is 15.6 Å². The van der Waals surface area contributed by atoms with Crippen molar-refractivity contribution in [3.63, 3.8) is 0 Å². The molecule has 0 atom stereocenters. The summed E-state index contributed by atoms with van der Waals surface area (Å²) in [6, 6.07) is 4.00. The van der Waals surface area contributed by atoms with E-state index in [1.165, 1.54) is 18.2 Å². The predicted octanol–water partition coefficient (Wildman–Crippen LogP) is -0.121. The fourth-order valence-corrected chi connectivity index (χ4v) is 3.23. The first kappa shape index (κ1) is 16.2. The summed E-state index contributed by atoms with van der Waals surface area (Å²) in [4.78, 5) is -0.104. The van der Waals surface area contributed by atoms with E-state index >= 15 is 0 Å². The number of nitrogens with one attached hydrogen (secondary N) is 1. The van der Waals surface area contributed by atoms with Gasteiger partial charge in [0.2, 0.25) is 20.0 Å². The van der Waals surface area contributed by atoms with Crippen LogP contribution in [0.25, 0.3) is 0 Å². The van der Waals surface area contributed by atoms with E-state index in [1.54, 1.807) is 0 Å². The molecule has 1 aromatic rings. The summed E-state index contributed by atoms with van der Waals surface area (Å²) in [5.41, 5.74) is 5.58. The summed E-state index contributed by atoms with van der Waals surface area (Å²) < 4.78 is 47.4. The second-order valence-electron chi connectivity index (χ2n) is 3.80. The molecule has 1 aromatic carbocycles. The van der Waals surface area contributed by atoms with Gasteiger partial charge in [0.25, 0.3) is 0 Å². The average molecular weight is 328 g/mol. The molecule has 0 heterocycles. The third-order valence-electron chi connectivity index (χ3n) is 2.16. The Kier molecular flexibility index (Phi) is 5.16. The van der Waals surface area contributed by atoms with Crippen LogP contribution in [-0.4, -0.2) is 29.1 Å². The summed E-state index contributed by atoms with van der Waals surface area (Å²) in [7, 11) is -7.39. The maximum Gasteiger partial charge on any atom is 0.242 e. The Balaban J connectivity index is 2.71. The lowest BCUT2D eigenvalue weighted by atomic mass is 10.3. The first-order valence-corrected chi connectivity index (χ1v) is 8.75. The molecule has 1 rings (SSSR count). The van der Waals surface area contributed by atoms with Gasteiger partial charge in [-0.1, -0.05) is 11.6 Å². The minimum Gasteiger partial charge on any atom is -0.398 e. The normalized spacial score (nSPS) is 12.5. The SMILES string of the molecule is Nc1cc(Cl)ccc1S(=O)(=O)NCCCS(N)(=O)=O. The lowest BCUT2D eigenvalue weighted by Gasteiger charge is -2.09. The van der Waals surface area contributed by atoms with Crippen LogP contribution in [0.3, 0.4) is 0 Å². The Morgan fingerprint density at radius 2 is 1.84 bits per heavy atom. The monoisotopic (exact) mass is 327 g/mol. The number of sulfonamides is 2. The van der Waals surface area contributed by atoms with Crippen LogP contribution in [0.15, 0.2) is 23.1 Å².